The Bertz CT molecular complexity index is 1870. The van der Waals surface area contributed by atoms with E-state index in [0.29, 0.717) is 41.4 Å². The van der Waals surface area contributed by atoms with Gasteiger partial charge in [-0.1, -0.05) is 12.1 Å². The molecule has 8 rings (SSSR count). The van der Waals surface area contributed by atoms with Gasteiger partial charge >= 0.3 is 0 Å². The number of nitrogens with zero attached hydrogens (tertiary/aromatic N) is 7. The predicted molar refractivity (Wildman–Crippen MR) is 148 cm³/mol. The lowest BCUT2D eigenvalue weighted by Gasteiger charge is -2.18. The fourth-order valence-electron chi connectivity index (χ4n) is 5.72. The van der Waals surface area contributed by atoms with Crippen molar-refractivity contribution in [2.24, 2.45) is 4.99 Å². The molecule has 3 aliphatic rings. The van der Waals surface area contributed by atoms with Gasteiger partial charge in [0.1, 0.15) is 29.0 Å². The first-order valence-electron chi connectivity index (χ1n) is 13.4. The molecule has 8 nitrogen and oxygen atoms in total. The maximum atomic E-state index is 14.0. The molecule has 41 heavy (non-hydrogen) atoms. The number of pyridine rings is 3. The maximum Gasteiger partial charge on any atom is 0.261 e. The first-order chi connectivity index (χ1) is 19.9. The van der Waals surface area contributed by atoms with Crippen LogP contribution in [0.3, 0.4) is 0 Å². The average Bonchev–Trinajstić information content (AvgIpc) is 3.50. The van der Waals surface area contributed by atoms with Gasteiger partial charge in [0.15, 0.2) is 5.82 Å². The van der Waals surface area contributed by atoms with Crippen LogP contribution in [0.5, 0.6) is 0 Å². The Balaban J connectivity index is 1.16. The summed E-state index contributed by atoms with van der Waals surface area (Å²) in [6.45, 7) is 1.32. The SMILES string of the molecule is Fc1cccc(-c2nccc3[nH]c(C4=NC5CN5c5ncc(-c6cncc(CN7CCC(F)(F)C7)c6)cc54)nc23)c1. The number of aromatic amines is 1. The molecule has 2 saturated heterocycles. The van der Waals surface area contributed by atoms with Crippen LogP contribution in [0.25, 0.3) is 33.4 Å². The number of H-pyrrole nitrogens is 1. The second kappa shape index (κ2) is 8.93. The number of alkyl halides is 2. The first-order valence-corrected chi connectivity index (χ1v) is 13.4. The number of imidazole rings is 1. The van der Waals surface area contributed by atoms with Gasteiger partial charge in [-0.05, 0) is 35.9 Å². The summed E-state index contributed by atoms with van der Waals surface area (Å²) in [6.07, 6.45) is 6.85. The number of rotatable bonds is 5. The third kappa shape index (κ3) is 4.33. The van der Waals surface area contributed by atoms with Crippen molar-refractivity contribution in [1.29, 1.82) is 0 Å². The van der Waals surface area contributed by atoms with Crippen LogP contribution in [-0.4, -0.2) is 67.3 Å². The summed E-state index contributed by atoms with van der Waals surface area (Å²) in [5.41, 5.74) is 6.70. The molecule has 1 N–H and O–H groups in total. The second-order valence-corrected chi connectivity index (χ2v) is 10.8. The number of likely N-dealkylation sites (tertiary alicyclic amines) is 1. The lowest BCUT2D eigenvalue weighted by atomic mass is 10.0. The number of anilines is 1. The molecule has 0 aliphatic carbocycles. The van der Waals surface area contributed by atoms with Crippen molar-refractivity contribution >= 4 is 22.6 Å². The van der Waals surface area contributed by atoms with E-state index in [-0.39, 0.29) is 24.9 Å². The predicted octanol–water partition coefficient (Wildman–Crippen LogP) is 5.06. The molecule has 0 amide bonds. The van der Waals surface area contributed by atoms with Crippen molar-refractivity contribution in [2.45, 2.75) is 25.1 Å². The minimum Gasteiger partial charge on any atom is -0.337 e. The minimum atomic E-state index is -2.63. The highest BCUT2D eigenvalue weighted by atomic mass is 19.3. The largest absolute Gasteiger partial charge is 0.337 e. The van der Waals surface area contributed by atoms with Crippen molar-refractivity contribution in [1.82, 2.24) is 29.8 Å². The van der Waals surface area contributed by atoms with Crippen LogP contribution in [-0.2, 0) is 6.54 Å². The third-order valence-electron chi connectivity index (χ3n) is 7.76. The number of hydrogen-bond acceptors (Lipinski definition) is 7. The molecule has 0 spiro atoms. The van der Waals surface area contributed by atoms with Crippen molar-refractivity contribution in [3.63, 3.8) is 0 Å². The van der Waals surface area contributed by atoms with E-state index < -0.39 is 5.92 Å². The van der Waals surface area contributed by atoms with Gasteiger partial charge in [-0.3, -0.25) is 19.9 Å². The number of benzene rings is 1. The Labute approximate surface area is 232 Å². The topological polar surface area (TPSA) is 86.0 Å². The summed E-state index contributed by atoms with van der Waals surface area (Å²) in [4.78, 5) is 30.8. The van der Waals surface area contributed by atoms with Crippen LogP contribution < -0.4 is 4.90 Å². The standard InChI is InChI=1S/C30H23F3N8/c31-21-3-1-2-18(9-21)25-27-23(4-6-35-25)37-28(39-27)26-22-10-20(13-36-29(22)41-15-24(41)38-26)19-8-17(11-34-12-19)14-40-7-5-30(32,33)16-40/h1-4,6,8-13,24H,5,7,14-16H2,(H,37,39). The highest BCUT2D eigenvalue weighted by molar-refractivity contribution is 6.17. The molecule has 11 heteroatoms. The lowest BCUT2D eigenvalue weighted by Crippen LogP contribution is -2.24. The highest BCUT2D eigenvalue weighted by Crippen LogP contribution is 2.39. The second-order valence-electron chi connectivity index (χ2n) is 10.8. The molecule has 0 bridgehead atoms. The molecule has 1 unspecified atom stereocenters. The van der Waals surface area contributed by atoms with Crippen LogP contribution in [0, 0.1) is 5.82 Å². The third-order valence-corrected chi connectivity index (χ3v) is 7.76. The van der Waals surface area contributed by atoms with Gasteiger partial charge in [0.05, 0.1) is 24.3 Å². The normalized spacial score (nSPS) is 19.2. The van der Waals surface area contributed by atoms with E-state index >= 15 is 0 Å². The average molecular weight is 553 g/mol. The van der Waals surface area contributed by atoms with Gasteiger partial charge in [-0.25, -0.2) is 23.1 Å². The molecule has 3 aliphatic heterocycles. The molecular weight excluding hydrogens is 529 g/mol. The zero-order chi connectivity index (χ0) is 27.7. The summed E-state index contributed by atoms with van der Waals surface area (Å²) in [6, 6.07) is 12.1. The van der Waals surface area contributed by atoms with Crippen molar-refractivity contribution in [2.75, 3.05) is 24.5 Å². The Kier molecular flexibility index (Phi) is 5.27. The molecule has 204 valence electrons. The molecule has 1 atom stereocenters. The van der Waals surface area contributed by atoms with Crippen molar-refractivity contribution in [3.05, 3.63) is 90.0 Å². The molecular formula is C30H23F3N8. The first kappa shape index (κ1) is 24.2. The fraction of sp³-hybridized carbons (Fsp3) is 0.233. The summed E-state index contributed by atoms with van der Waals surface area (Å²) >= 11 is 0. The van der Waals surface area contributed by atoms with Gasteiger partial charge in [0.25, 0.3) is 5.92 Å². The van der Waals surface area contributed by atoms with E-state index in [4.69, 9.17) is 15.0 Å². The van der Waals surface area contributed by atoms with Gasteiger partial charge in [-0.15, -0.1) is 0 Å². The number of aromatic nitrogens is 5. The number of halogens is 3. The Morgan fingerprint density at radius 3 is 2.76 bits per heavy atom. The number of hydrogen-bond donors (Lipinski definition) is 1. The molecule has 2 fully saturated rings. The van der Waals surface area contributed by atoms with Crippen LogP contribution in [0.15, 0.2) is 72.2 Å². The Morgan fingerprint density at radius 1 is 1.00 bits per heavy atom. The molecule has 5 aromatic rings. The summed E-state index contributed by atoms with van der Waals surface area (Å²) in [5.74, 6) is -1.56. The number of aliphatic imine (C=N–C) groups is 1. The smallest absolute Gasteiger partial charge is 0.261 e. The number of fused-ring (bicyclic) bond motifs is 4. The van der Waals surface area contributed by atoms with Gasteiger partial charge in [-0.2, -0.15) is 0 Å². The van der Waals surface area contributed by atoms with Crippen LogP contribution in [0.2, 0.25) is 0 Å². The van der Waals surface area contributed by atoms with E-state index in [1.807, 2.05) is 30.5 Å². The van der Waals surface area contributed by atoms with E-state index in [1.54, 1.807) is 29.6 Å². The van der Waals surface area contributed by atoms with Crippen LogP contribution in [0.4, 0.5) is 19.0 Å². The molecule has 7 heterocycles. The van der Waals surface area contributed by atoms with E-state index in [2.05, 4.69) is 19.9 Å². The van der Waals surface area contributed by atoms with Gasteiger partial charge < -0.3 is 9.88 Å². The zero-order valence-corrected chi connectivity index (χ0v) is 21.7. The van der Waals surface area contributed by atoms with E-state index in [9.17, 15) is 13.2 Å². The van der Waals surface area contributed by atoms with Gasteiger partial charge in [0.2, 0.25) is 0 Å². The minimum absolute atomic E-state index is 0.00783. The lowest BCUT2D eigenvalue weighted by molar-refractivity contribution is 0.0115. The Hall–Kier alpha value is -4.64. The fourth-order valence-corrected chi connectivity index (χ4v) is 5.72. The molecule has 1 aromatic carbocycles. The summed E-state index contributed by atoms with van der Waals surface area (Å²) < 4.78 is 41.4. The summed E-state index contributed by atoms with van der Waals surface area (Å²) in [7, 11) is 0. The highest BCUT2D eigenvalue weighted by Gasteiger charge is 2.42. The summed E-state index contributed by atoms with van der Waals surface area (Å²) in [5, 5.41) is 0. The van der Waals surface area contributed by atoms with Crippen molar-refractivity contribution in [3.8, 4) is 22.4 Å². The van der Waals surface area contributed by atoms with E-state index in [0.717, 1.165) is 40.1 Å². The van der Waals surface area contributed by atoms with Gasteiger partial charge in [0, 0.05) is 66.6 Å². The molecule has 0 radical (unpaired) electrons. The van der Waals surface area contributed by atoms with Crippen molar-refractivity contribution < 1.29 is 13.2 Å². The number of nitrogens with one attached hydrogen (secondary N) is 1. The monoisotopic (exact) mass is 552 g/mol. The molecule has 4 aromatic heterocycles. The maximum absolute atomic E-state index is 14.0. The van der Waals surface area contributed by atoms with Crippen LogP contribution in [0.1, 0.15) is 23.4 Å². The van der Waals surface area contributed by atoms with Crippen LogP contribution >= 0.6 is 0 Å². The quantitative estimate of drug-likeness (QED) is 0.307. The zero-order valence-electron chi connectivity index (χ0n) is 21.7. The Morgan fingerprint density at radius 2 is 1.90 bits per heavy atom. The van der Waals surface area contributed by atoms with E-state index in [1.165, 1.54) is 12.1 Å². The molecule has 0 saturated carbocycles.